The van der Waals surface area contributed by atoms with Crippen molar-refractivity contribution in [2.24, 2.45) is 0 Å². The van der Waals surface area contributed by atoms with E-state index in [2.05, 4.69) is 44.4 Å². The Morgan fingerprint density at radius 1 is 1.33 bits per heavy atom. The van der Waals surface area contributed by atoms with Crippen LogP contribution in [0.4, 0.5) is 5.82 Å². The third-order valence-electron chi connectivity index (χ3n) is 3.96. The van der Waals surface area contributed by atoms with E-state index in [9.17, 15) is 0 Å². The second-order valence-electron chi connectivity index (χ2n) is 6.58. The standard InChI is InChI=1S/C17H23N3O/c1-5-20-15(18)14(19-16(20)17(2,3)4)12-6-7-13-11(10-12)8-9-21-13/h6-7,10H,5,8-9,18H2,1-4H3. The van der Waals surface area contributed by atoms with Crippen molar-refractivity contribution >= 4 is 5.82 Å². The van der Waals surface area contributed by atoms with Gasteiger partial charge in [0.1, 0.15) is 23.1 Å². The Morgan fingerprint density at radius 3 is 2.71 bits per heavy atom. The molecule has 0 radical (unpaired) electrons. The van der Waals surface area contributed by atoms with Gasteiger partial charge in [0.15, 0.2) is 0 Å². The summed E-state index contributed by atoms with van der Waals surface area (Å²) >= 11 is 0. The maximum absolute atomic E-state index is 6.36. The number of ether oxygens (including phenoxy) is 1. The molecule has 1 aliphatic rings. The van der Waals surface area contributed by atoms with E-state index in [1.807, 2.05) is 6.07 Å². The molecule has 112 valence electrons. The molecule has 21 heavy (non-hydrogen) atoms. The molecule has 0 saturated heterocycles. The number of aromatic nitrogens is 2. The fourth-order valence-electron chi connectivity index (χ4n) is 2.90. The summed E-state index contributed by atoms with van der Waals surface area (Å²) in [6.45, 7) is 10.2. The quantitative estimate of drug-likeness (QED) is 0.920. The maximum atomic E-state index is 6.36. The van der Waals surface area contributed by atoms with Crippen LogP contribution in [0, 0.1) is 0 Å². The van der Waals surface area contributed by atoms with Gasteiger partial charge in [-0.25, -0.2) is 4.98 Å². The number of fused-ring (bicyclic) bond motifs is 1. The number of imidazole rings is 1. The van der Waals surface area contributed by atoms with E-state index in [0.29, 0.717) is 0 Å². The van der Waals surface area contributed by atoms with Crippen LogP contribution in [0.1, 0.15) is 39.1 Å². The van der Waals surface area contributed by atoms with Crippen LogP contribution in [0.25, 0.3) is 11.3 Å². The number of rotatable bonds is 2. The minimum absolute atomic E-state index is 0.0256. The first kappa shape index (κ1) is 14.0. The number of anilines is 1. The highest BCUT2D eigenvalue weighted by Gasteiger charge is 2.25. The van der Waals surface area contributed by atoms with E-state index in [4.69, 9.17) is 15.5 Å². The maximum Gasteiger partial charge on any atom is 0.131 e. The van der Waals surface area contributed by atoms with Gasteiger partial charge in [-0.05, 0) is 30.7 Å². The summed E-state index contributed by atoms with van der Waals surface area (Å²) in [6.07, 6.45) is 0.962. The molecule has 0 saturated carbocycles. The summed E-state index contributed by atoms with van der Waals surface area (Å²) < 4.78 is 7.68. The minimum Gasteiger partial charge on any atom is -0.493 e. The molecule has 2 aromatic rings. The third kappa shape index (κ3) is 2.28. The lowest BCUT2D eigenvalue weighted by Gasteiger charge is -2.19. The van der Waals surface area contributed by atoms with E-state index >= 15 is 0 Å². The monoisotopic (exact) mass is 285 g/mol. The van der Waals surface area contributed by atoms with Gasteiger partial charge in [0.05, 0.1) is 6.61 Å². The summed E-state index contributed by atoms with van der Waals surface area (Å²) in [4.78, 5) is 4.84. The van der Waals surface area contributed by atoms with Crippen molar-refractivity contribution in [1.29, 1.82) is 0 Å². The van der Waals surface area contributed by atoms with Crippen molar-refractivity contribution in [2.45, 2.75) is 46.1 Å². The van der Waals surface area contributed by atoms with Crippen LogP contribution in [0.2, 0.25) is 0 Å². The molecule has 3 rings (SSSR count). The molecule has 0 atom stereocenters. The van der Waals surface area contributed by atoms with Crippen LogP contribution in [0.3, 0.4) is 0 Å². The first-order chi connectivity index (χ1) is 9.91. The first-order valence-electron chi connectivity index (χ1n) is 7.54. The van der Waals surface area contributed by atoms with E-state index < -0.39 is 0 Å². The normalized spacial score (nSPS) is 14.1. The molecule has 0 spiro atoms. The molecular weight excluding hydrogens is 262 g/mol. The Morgan fingerprint density at radius 2 is 2.10 bits per heavy atom. The average Bonchev–Trinajstić information content (AvgIpc) is 3.00. The average molecular weight is 285 g/mol. The van der Waals surface area contributed by atoms with Crippen molar-refractivity contribution in [1.82, 2.24) is 9.55 Å². The highest BCUT2D eigenvalue weighted by molar-refractivity contribution is 5.73. The lowest BCUT2D eigenvalue weighted by molar-refractivity contribution is 0.357. The highest BCUT2D eigenvalue weighted by Crippen LogP contribution is 2.35. The van der Waals surface area contributed by atoms with E-state index in [-0.39, 0.29) is 5.41 Å². The Kier molecular flexibility index (Phi) is 3.19. The van der Waals surface area contributed by atoms with Crippen molar-refractivity contribution in [2.75, 3.05) is 12.3 Å². The van der Waals surface area contributed by atoms with Gasteiger partial charge in [-0.15, -0.1) is 0 Å². The molecule has 1 aliphatic heterocycles. The number of hydrogen-bond donors (Lipinski definition) is 1. The van der Waals surface area contributed by atoms with Crippen molar-refractivity contribution in [3.63, 3.8) is 0 Å². The van der Waals surface area contributed by atoms with Gasteiger partial charge >= 0.3 is 0 Å². The molecule has 2 heterocycles. The van der Waals surface area contributed by atoms with Crippen molar-refractivity contribution in [3.8, 4) is 17.0 Å². The van der Waals surface area contributed by atoms with Gasteiger partial charge in [0, 0.05) is 23.9 Å². The van der Waals surface area contributed by atoms with Crippen LogP contribution >= 0.6 is 0 Å². The van der Waals surface area contributed by atoms with Crippen molar-refractivity contribution in [3.05, 3.63) is 29.6 Å². The second kappa shape index (κ2) is 4.79. The lowest BCUT2D eigenvalue weighted by Crippen LogP contribution is -2.19. The molecule has 0 bridgehead atoms. The third-order valence-corrected chi connectivity index (χ3v) is 3.96. The summed E-state index contributed by atoms with van der Waals surface area (Å²) in [7, 11) is 0. The zero-order valence-corrected chi connectivity index (χ0v) is 13.2. The fraction of sp³-hybridized carbons (Fsp3) is 0.471. The highest BCUT2D eigenvalue weighted by atomic mass is 16.5. The van der Waals surface area contributed by atoms with Crippen LogP contribution in [0.15, 0.2) is 18.2 Å². The van der Waals surface area contributed by atoms with Crippen LogP contribution in [-0.4, -0.2) is 16.2 Å². The predicted octanol–water partition coefficient (Wildman–Crippen LogP) is 3.38. The number of hydrogen-bond acceptors (Lipinski definition) is 3. The van der Waals surface area contributed by atoms with Gasteiger partial charge in [0.25, 0.3) is 0 Å². The fourth-order valence-corrected chi connectivity index (χ4v) is 2.90. The van der Waals surface area contributed by atoms with Gasteiger partial charge < -0.3 is 15.0 Å². The molecule has 0 aliphatic carbocycles. The summed E-state index contributed by atoms with van der Waals surface area (Å²) in [6, 6.07) is 6.24. The Labute approximate surface area is 125 Å². The summed E-state index contributed by atoms with van der Waals surface area (Å²) in [5.41, 5.74) is 9.54. The van der Waals surface area contributed by atoms with Gasteiger partial charge in [-0.1, -0.05) is 20.8 Å². The smallest absolute Gasteiger partial charge is 0.131 e. The van der Waals surface area contributed by atoms with Crippen LogP contribution in [0.5, 0.6) is 5.75 Å². The van der Waals surface area contributed by atoms with Gasteiger partial charge in [-0.2, -0.15) is 0 Å². The second-order valence-corrected chi connectivity index (χ2v) is 6.58. The minimum atomic E-state index is -0.0256. The van der Waals surface area contributed by atoms with Crippen molar-refractivity contribution < 1.29 is 4.74 Å². The first-order valence-corrected chi connectivity index (χ1v) is 7.54. The van der Waals surface area contributed by atoms with Gasteiger partial charge in [-0.3, -0.25) is 0 Å². The zero-order chi connectivity index (χ0) is 15.2. The molecule has 1 aromatic carbocycles. The summed E-state index contributed by atoms with van der Waals surface area (Å²) in [5.74, 6) is 2.78. The van der Waals surface area contributed by atoms with E-state index in [1.165, 1.54) is 5.56 Å². The largest absolute Gasteiger partial charge is 0.493 e. The van der Waals surface area contributed by atoms with Crippen LogP contribution in [-0.2, 0) is 18.4 Å². The topological polar surface area (TPSA) is 53.1 Å². The molecule has 0 amide bonds. The predicted molar refractivity (Wildman–Crippen MR) is 85.6 cm³/mol. The molecule has 0 unspecified atom stereocenters. The lowest BCUT2D eigenvalue weighted by atomic mass is 9.95. The number of nitrogens with zero attached hydrogens (tertiary/aromatic N) is 2. The summed E-state index contributed by atoms with van der Waals surface area (Å²) in [5, 5.41) is 0. The number of benzene rings is 1. The Balaban J connectivity index is 2.13. The molecule has 1 aromatic heterocycles. The zero-order valence-electron chi connectivity index (χ0n) is 13.2. The molecule has 2 N–H and O–H groups in total. The Hall–Kier alpha value is -1.97. The number of nitrogens with two attached hydrogens (primary N) is 1. The SMILES string of the molecule is CCn1c(C(C)(C)C)nc(-c2ccc3c(c2)CCO3)c1N. The molecule has 4 heteroatoms. The number of nitrogen functional groups attached to an aromatic ring is 1. The van der Waals surface area contributed by atoms with E-state index in [0.717, 1.165) is 48.2 Å². The van der Waals surface area contributed by atoms with Crippen LogP contribution < -0.4 is 10.5 Å². The molecule has 4 nitrogen and oxygen atoms in total. The van der Waals surface area contributed by atoms with E-state index in [1.54, 1.807) is 0 Å². The molecular formula is C17H23N3O. The Bertz CT molecular complexity index is 680. The van der Waals surface area contributed by atoms with Gasteiger partial charge in [0.2, 0.25) is 0 Å². The molecule has 0 fully saturated rings.